The van der Waals surface area contributed by atoms with Crippen molar-refractivity contribution < 1.29 is 4.92 Å². The summed E-state index contributed by atoms with van der Waals surface area (Å²) in [4.78, 5) is 13.0. The van der Waals surface area contributed by atoms with Crippen molar-refractivity contribution in [2.24, 2.45) is 17.1 Å². The highest BCUT2D eigenvalue weighted by molar-refractivity contribution is 6.31. The van der Waals surface area contributed by atoms with E-state index in [2.05, 4.69) is 11.0 Å². The van der Waals surface area contributed by atoms with Crippen LogP contribution >= 0.6 is 11.6 Å². The molecular formula is C21H19ClN6O2. The van der Waals surface area contributed by atoms with E-state index < -0.39 is 22.2 Å². The number of fused-ring (bicyclic) bond motifs is 1. The second kappa shape index (κ2) is 8.16. The van der Waals surface area contributed by atoms with Crippen LogP contribution in [-0.4, -0.2) is 29.5 Å². The maximum Gasteiger partial charge on any atom is 0.269 e. The number of hydrogen-bond acceptors (Lipinski definition) is 7. The molecule has 1 heterocycles. The molecule has 0 saturated heterocycles. The van der Waals surface area contributed by atoms with Crippen LogP contribution in [0.4, 0.5) is 5.69 Å². The number of hydrogen-bond donors (Lipinski definition) is 1. The second-order valence-corrected chi connectivity index (χ2v) is 7.81. The lowest BCUT2D eigenvalue weighted by atomic mass is 9.58. The molecule has 2 N–H and O–H groups in total. The van der Waals surface area contributed by atoms with Gasteiger partial charge < -0.3 is 5.73 Å². The van der Waals surface area contributed by atoms with Crippen molar-refractivity contribution in [3.05, 3.63) is 61.8 Å². The molecule has 2 aliphatic rings. The molecule has 152 valence electrons. The van der Waals surface area contributed by atoms with E-state index in [0.29, 0.717) is 24.2 Å². The summed E-state index contributed by atoms with van der Waals surface area (Å²) in [6.45, 7) is 3.93. The van der Waals surface area contributed by atoms with Gasteiger partial charge in [0.15, 0.2) is 5.41 Å². The number of allylic oxidation sites excluding steroid dienone is 2. The minimum absolute atomic E-state index is 0.131. The quantitative estimate of drug-likeness (QED) is 0.578. The fraction of sp³-hybridized carbons (Fsp3) is 0.381. The molecule has 3 rings (SSSR count). The maximum absolute atomic E-state index is 11.4. The van der Waals surface area contributed by atoms with Crippen LogP contribution in [0.3, 0.4) is 0 Å². The molecule has 1 aromatic rings. The van der Waals surface area contributed by atoms with Gasteiger partial charge in [0.2, 0.25) is 0 Å². The first-order chi connectivity index (χ1) is 14.3. The molecule has 0 fully saturated rings. The zero-order valence-corrected chi connectivity index (χ0v) is 17.1. The Morgan fingerprint density at radius 1 is 1.37 bits per heavy atom. The molecule has 30 heavy (non-hydrogen) atoms. The predicted molar refractivity (Wildman–Crippen MR) is 110 cm³/mol. The predicted octanol–water partition coefficient (Wildman–Crippen LogP) is 3.38. The molecule has 0 aromatic heterocycles. The van der Waals surface area contributed by atoms with Gasteiger partial charge in [-0.05, 0) is 30.2 Å². The lowest BCUT2D eigenvalue weighted by Crippen LogP contribution is -2.48. The SMILES string of the molecule is CCCN1CC=C2C(C#N)=C(N)C(C#N)(C#N)C(c3cc([N+](=O)[O-])ccc3Cl)C2C1. The fourth-order valence-electron chi connectivity index (χ4n) is 4.47. The van der Waals surface area contributed by atoms with Crippen molar-refractivity contribution in [1.29, 1.82) is 15.8 Å². The first-order valence-corrected chi connectivity index (χ1v) is 9.81. The van der Waals surface area contributed by atoms with Crippen LogP contribution in [-0.2, 0) is 0 Å². The summed E-state index contributed by atoms with van der Waals surface area (Å²) in [6, 6.07) is 10.1. The monoisotopic (exact) mass is 422 g/mol. The topological polar surface area (TPSA) is 144 Å². The van der Waals surface area contributed by atoms with E-state index in [-0.39, 0.29) is 22.0 Å². The van der Waals surface area contributed by atoms with Crippen LogP contribution in [0.25, 0.3) is 0 Å². The molecule has 0 amide bonds. The second-order valence-electron chi connectivity index (χ2n) is 7.40. The van der Waals surface area contributed by atoms with E-state index in [1.165, 1.54) is 18.2 Å². The Morgan fingerprint density at radius 3 is 2.63 bits per heavy atom. The summed E-state index contributed by atoms with van der Waals surface area (Å²) in [5.74, 6) is -1.30. The van der Waals surface area contributed by atoms with Crippen LogP contribution in [0.1, 0.15) is 24.8 Å². The van der Waals surface area contributed by atoms with Crippen LogP contribution in [0.2, 0.25) is 5.02 Å². The van der Waals surface area contributed by atoms with E-state index in [1.54, 1.807) is 0 Å². The van der Waals surface area contributed by atoms with E-state index in [4.69, 9.17) is 17.3 Å². The summed E-state index contributed by atoms with van der Waals surface area (Å²) >= 11 is 6.43. The maximum atomic E-state index is 11.4. The molecule has 8 nitrogen and oxygen atoms in total. The number of nitriles is 3. The number of nitrogens with two attached hydrogens (primary N) is 1. The highest BCUT2D eigenvalue weighted by Crippen LogP contribution is 2.55. The van der Waals surface area contributed by atoms with Crippen molar-refractivity contribution in [3.63, 3.8) is 0 Å². The number of nitro benzene ring substituents is 1. The largest absolute Gasteiger partial charge is 0.399 e. The first kappa shape index (κ1) is 21.3. The lowest BCUT2D eigenvalue weighted by molar-refractivity contribution is -0.384. The molecule has 2 atom stereocenters. The molecule has 1 aliphatic carbocycles. The van der Waals surface area contributed by atoms with Crippen molar-refractivity contribution in [2.45, 2.75) is 19.3 Å². The highest BCUT2D eigenvalue weighted by Gasteiger charge is 2.55. The summed E-state index contributed by atoms with van der Waals surface area (Å²) < 4.78 is 0. The molecule has 0 bridgehead atoms. The van der Waals surface area contributed by atoms with E-state index in [0.717, 1.165) is 13.0 Å². The van der Waals surface area contributed by atoms with Gasteiger partial charge in [-0.15, -0.1) is 0 Å². The zero-order valence-electron chi connectivity index (χ0n) is 16.3. The molecule has 1 aliphatic heterocycles. The van der Waals surface area contributed by atoms with Gasteiger partial charge >= 0.3 is 0 Å². The Labute approximate surface area is 179 Å². The van der Waals surface area contributed by atoms with Gasteiger partial charge in [-0.25, -0.2) is 0 Å². The van der Waals surface area contributed by atoms with Crippen molar-refractivity contribution in [1.82, 2.24) is 4.90 Å². The number of nitro groups is 1. The van der Waals surface area contributed by atoms with Crippen molar-refractivity contribution >= 4 is 17.3 Å². The Bertz CT molecular complexity index is 1070. The molecule has 0 radical (unpaired) electrons. The van der Waals surface area contributed by atoms with Gasteiger partial charge in [0.05, 0.1) is 28.3 Å². The van der Waals surface area contributed by atoms with Gasteiger partial charge in [0.25, 0.3) is 5.69 Å². The third kappa shape index (κ3) is 3.19. The fourth-order valence-corrected chi connectivity index (χ4v) is 4.70. The van der Waals surface area contributed by atoms with E-state index in [1.807, 2.05) is 25.1 Å². The summed E-state index contributed by atoms with van der Waals surface area (Å²) in [7, 11) is 0. The Morgan fingerprint density at radius 2 is 2.07 bits per heavy atom. The number of benzene rings is 1. The van der Waals surface area contributed by atoms with Crippen molar-refractivity contribution in [2.75, 3.05) is 19.6 Å². The Balaban J connectivity index is 2.34. The lowest BCUT2D eigenvalue weighted by Gasteiger charge is -2.45. The smallest absolute Gasteiger partial charge is 0.269 e. The zero-order chi connectivity index (χ0) is 22.1. The summed E-state index contributed by atoms with van der Waals surface area (Å²) in [5.41, 5.74) is 5.15. The molecule has 0 spiro atoms. The standard InChI is InChI=1S/C21H19ClN6O2/c1-2-6-27-7-5-14-16(9-23)20(26)21(11-24,12-25)19(17(14)10-27)15-8-13(28(29)30)3-4-18(15)22/h3-5,8,17,19H,2,6-7,10,26H2,1H3. The van der Waals surface area contributed by atoms with Gasteiger partial charge in [-0.3, -0.25) is 15.0 Å². The van der Waals surface area contributed by atoms with Crippen LogP contribution in [0.5, 0.6) is 0 Å². The molecule has 9 heteroatoms. The van der Waals surface area contributed by atoms with Crippen LogP contribution in [0, 0.1) is 55.4 Å². The normalized spacial score (nSPS) is 22.8. The summed E-state index contributed by atoms with van der Waals surface area (Å²) in [6.07, 6.45) is 2.80. The number of halogens is 1. The van der Waals surface area contributed by atoms with Gasteiger partial charge in [-0.2, -0.15) is 15.8 Å². The minimum atomic E-state index is -1.87. The number of rotatable bonds is 4. The van der Waals surface area contributed by atoms with Crippen LogP contribution < -0.4 is 5.73 Å². The average molecular weight is 423 g/mol. The molecule has 1 aromatic carbocycles. The van der Waals surface area contributed by atoms with Gasteiger partial charge in [-0.1, -0.05) is 24.6 Å². The highest BCUT2D eigenvalue weighted by atomic mass is 35.5. The molecular weight excluding hydrogens is 404 g/mol. The third-order valence-corrected chi connectivity index (χ3v) is 6.15. The van der Waals surface area contributed by atoms with Gasteiger partial charge in [0.1, 0.15) is 6.07 Å². The molecule has 2 unspecified atom stereocenters. The minimum Gasteiger partial charge on any atom is -0.399 e. The van der Waals surface area contributed by atoms with Gasteiger partial charge in [0, 0.05) is 42.1 Å². The van der Waals surface area contributed by atoms with E-state index >= 15 is 0 Å². The van der Waals surface area contributed by atoms with Crippen molar-refractivity contribution in [3.8, 4) is 18.2 Å². The number of nitrogens with zero attached hydrogens (tertiary/aromatic N) is 5. The third-order valence-electron chi connectivity index (χ3n) is 5.81. The molecule has 0 saturated carbocycles. The summed E-state index contributed by atoms with van der Waals surface area (Å²) in [5, 5.41) is 41.5. The number of non-ortho nitro benzene ring substituents is 1. The Kier molecular flexibility index (Phi) is 5.80. The van der Waals surface area contributed by atoms with Crippen LogP contribution in [0.15, 0.2) is 41.1 Å². The Hall–Kier alpha value is -3.38. The average Bonchev–Trinajstić information content (AvgIpc) is 2.74. The first-order valence-electron chi connectivity index (χ1n) is 9.44. The van der Waals surface area contributed by atoms with E-state index in [9.17, 15) is 25.9 Å².